The maximum atomic E-state index is 13.7. The number of halogens is 1. The number of hydrogen-bond donors (Lipinski definition) is 3. The summed E-state index contributed by atoms with van der Waals surface area (Å²) in [6.45, 7) is 8.26. The summed E-state index contributed by atoms with van der Waals surface area (Å²) in [4.78, 5) is 27.4. The standard InChI is InChI=1S/C23H29FN4O3/c1-5-28(10-11-29)9-8-25-23(31)21-14(2)20(27(4)15(21)3)13-18-17-12-16(24)6-7-19(17)26-22(18)30/h6-7,12-13,29H,5,8-11H2,1-4H3,(H,25,31)(H,26,30)/b18-13-. The molecule has 31 heavy (non-hydrogen) atoms. The third kappa shape index (κ3) is 4.55. The number of aliphatic hydroxyl groups is 1. The van der Waals surface area contributed by atoms with Gasteiger partial charge in [0.15, 0.2) is 0 Å². The lowest BCUT2D eigenvalue weighted by molar-refractivity contribution is -0.110. The van der Waals surface area contributed by atoms with E-state index in [0.29, 0.717) is 42.0 Å². The van der Waals surface area contributed by atoms with E-state index in [9.17, 15) is 14.0 Å². The van der Waals surface area contributed by atoms with Crippen LogP contribution in [-0.2, 0) is 11.8 Å². The minimum atomic E-state index is -0.414. The van der Waals surface area contributed by atoms with Gasteiger partial charge in [0, 0.05) is 49.3 Å². The lowest BCUT2D eigenvalue weighted by atomic mass is 10.0. The van der Waals surface area contributed by atoms with Crippen LogP contribution in [0.25, 0.3) is 11.6 Å². The van der Waals surface area contributed by atoms with Crippen LogP contribution in [0, 0.1) is 19.7 Å². The van der Waals surface area contributed by atoms with Crippen LogP contribution in [0.2, 0.25) is 0 Å². The molecule has 0 unspecified atom stereocenters. The predicted molar refractivity (Wildman–Crippen MR) is 119 cm³/mol. The van der Waals surface area contributed by atoms with Gasteiger partial charge >= 0.3 is 0 Å². The Balaban J connectivity index is 1.86. The van der Waals surface area contributed by atoms with Crippen molar-refractivity contribution >= 4 is 29.2 Å². The zero-order chi connectivity index (χ0) is 22.7. The molecule has 1 aromatic heterocycles. The van der Waals surface area contributed by atoms with Gasteiger partial charge in [0.2, 0.25) is 0 Å². The zero-order valence-electron chi connectivity index (χ0n) is 18.4. The number of carbonyl (C=O) groups excluding carboxylic acids is 2. The molecule has 2 amide bonds. The smallest absolute Gasteiger partial charge is 0.256 e. The second-order valence-corrected chi connectivity index (χ2v) is 7.65. The minimum absolute atomic E-state index is 0.0807. The van der Waals surface area contributed by atoms with Crippen LogP contribution in [0.3, 0.4) is 0 Å². The molecule has 2 heterocycles. The van der Waals surface area contributed by atoms with Gasteiger partial charge < -0.3 is 20.3 Å². The van der Waals surface area contributed by atoms with Crippen LogP contribution in [0.15, 0.2) is 18.2 Å². The summed E-state index contributed by atoms with van der Waals surface area (Å²) in [5, 5.41) is 14.8. The Morgan fingerprint density at radius 1 is 1.32 bits per heavy atom. The van der Waals surface area contributed by atoms with Gasteiger partial charge in [-0.15, -0.1) is 0 Å². The molecule has 0 radical (unpaired) electrons. The highest BCUT2D eigenvalue weighted by atomic mass is 19.1. The molecular weight excluding hydrogens is 399 g/mol. The molecule has 8 heteroatoms. The first-order valence-electron chi connectivity index (χ1n) is 10.4. The van der Waals surface area contributed by atoms with E-state index in [1.54, 1.807) is 12.1 Å². The summed E-state index contributed by atoms with van der Waals surface area (Å²) in [5.74, 6) is -0.894. The molecule has 3 N–H and O–H groups in total. The zero-order valence-corrected chi connectivity index (χ0v) is 18.4. The van der Waals surface area contributed by atoms with E-state index in [1.165, 1.54) is 12.1 Å². The first kappa shape index (κ1) is 22.7. The molecule has 0 bridgehead atoms. The van der Waals surface area contributed by atoms with E-state index in [-0.39, 0.29) is 18.4 Å². The van der Waals surface area contributed by atoms with Crippen molar-refractivity contribution in [2.45, 2.75) is 20.8 Å². The molecule has 0 atom stereocenters. The van der Waals surface area contributed by atoms with Crippen LogP contribution in [0.5, 0.6) is 0 Å². The molecule has 2 aromatic rings. The molecule has 0 aliphatic carbocycles. The molecule has 1 aliphatic heterocycles. The number of carbonyl (C=O) groups is 2. The van der Waals surface area contributed by atoms with Gasteiger partial charge in [-0.25, -0.2) is 4.39 Å². The fourth-order valence-corrected chi connectivity index (χ4v) is 3.96. The van der Waals surface area contributed by atoms with Gasteiger partial charge in [-0.2, -0.15) is 0 Å². The van der Waals surface area contributed by atoms with Crippen molar-refractivity contribution in [3.8, 4) is 0 Å². The Hall–Kier alpha value is -2.97. The predicted octanol–water partition coefficient (Wildman–Crippen LogP) is 2.32. The van der Waals surface area contributed by atoms with Gasteiger partial charge in [0.1, 0.15) is 5.82 Å². The fraction of sp³-hybridized carbons (Fsp3) is 0.391. The number of nitrogens with one attached hydrogen (secondary N) is 2. The average molecular weight is 429 g/mol. The molecule has 0 saturated heterocycles. The van der Waals surface area contributed by atoms with Gasteiger partial charge in [0.25, 0.3) is 11.8 Å². The monoisotopic (exact) mass is 428 g/mol. The van der Waals surface area contributed by atoms with Crippen molar-refractivity contribution in [3.05, 3.63) is 52.1 Å². The van der Waals surface area contributed by atoms with Crippen LogP contribution in [0.1, 0.15) is 39.8 Å². The van der Waals surface area contributed by atoms with E-state index in [2.05, 4.69) is 15.5 Å². The molecule has 0 fully saturated rings. The fourth-order valence-electron chi connectivity index (χ4n) is 3.96. The molecule has 1 aromatic carbocycles. The molecule has 3 rings (SSSR count). The lowest BCUT2D eigenvalue weighted by Crippen LogP contribution is -2.36. The van der Waals surface area contributed by atoms with Gasteiger partial charge in [-0.1, -0.05) is 6.92 Å². The summed E-state index contributed by atoms with van der Waals surface area (Å²) in [5.41, 5.74) is 4.28. The average Bonchev–Trinajstić information content (AvgIpc) is 3.15. The highest BCUT2D eigenvalue weighted by Crippen LogP contribution is 2.35. The molecule has 1 aliphatic rings. The molecule has 7 nitrogen and oxygen atoms in total. The largest absolute Gasteiger partial charge is 0.395 e. The second-order valence-electron chi connectivity index (χ2n) is 7.65. The Labute approximate surface area is 181 Å². The topological polar surface area (TPSA) is 86.6 Å². The number of likely N-dealkylation sites (N-methyl/N-ethyl adjacent to an activating group) is 1. The number of hydrogen-bond acceptors (Lipinski definition) is 4. The molecule has 0 spiro atoms. The third-order valence-corrected chi connectivity index (χ3v) is 5.84. The summed E-state index contributed by atoms with van der Waals surface area (Å²) in [7, 11) is 1.84. The minimum Gasteiger partial charge on any atom is -0.395 e. The van der Waals surface area contributed by atoms with E-state index >= 15 is 0 Å². The second kappa shape index (κ2) is 9.45. The van der Waals surface area contributed by atoms with E-state index in [0.717, 1.165) is 23.5 Å². The maximum absolute atomic E-state index is 13.7. The normalized spacial score (nSPS) is 14.3. The number of nitrogens with zero attached hydrogens (tertiary/aromatic N) is 2. The van der Waals surface area contributed by atoms with E-state index < -0.39 is 5.82 Å². The van der Waals surface area contributed by atoms with Crippen molar-refractivity contribution in [3.63, 3.8) is 0 Å². The lowest BCUT2D eigenvalue weighted by Gasteiger charge is -2.19. The number of fused-ring (bicyclic) bond motifs is 1. The Kier molecular flexibility index (Phi) is 6.92. The number of rotatable bonds is 8. The quantitative estimate of drug-likeness (QED) is 0.563. The van der Waals surface area contributed by atoms with Gasteiger partial charge in [-0.3, -0.25) is 14.5 Å². The van der Waals surface area contributed by atoms with Crippen LogP contribution in [0.4, 0.5) is 10.1 Å². The maximum Gasteiger partial charge on any atom is 0.256 e. The van der Waals surface area contributed by atoms with Crippen LogP contribution < -0.4 is 10.6 Å². The highest BCUT2D eigenvalue weighted by Gasteiger charge is 2.27. The molecular formula is C23H29FN4O3. The number of aliphatic hydroxyl groups excluding tert-OH is 1. The third-order valence-electron chi connectivity index (χ3n) is 5.84. The van der Waals surface area contributed by atoms with Crippen molar-refractivity contribution in [1.82, 2.24) is 14.8 Å². The Morgan fingerprint density at radius 3 is 2.74 bits per heavy atom. The number of aromatic nitrogens is 1. The summed E-state index contributed by atoms with van der Waals surface area (Å²) in [6, 6.07) is 4.19. The van der Waals surface area contributed by atoms with Crippen molar-refractivity contribution < 1.29 is 19.1 Å². The van der Waals surface area contributed by atoms with E-state index in [4.69, 9.17) is 5.11 Å². The molecule has 166 valence electrons. The molecule has 0 saturated carbocycles. The van der Waals surface area contributed by atoms with Gasteiger partial charge in [-0.05, 0) is 50.2 Å². The Bertz CT molecular complexity index is 1040. The van der Waals surface area contributed by atoms with Crippen LogP contribution in [-0.4, -0.2) is 59.2 Å². The highest BCUT2D eigenvalue weighted by molar-refractivity contribution is 6.35. The van der Waals surface area contributed by atoms with Crippen molar-refractivity contribution in [2.24, 2.45) is 7.05 Å². The SMILES string of the molecule is CCN(CCO)CCNC(=O)c1c(C)c(/C=C2\C(=O)Nc3ccc(F)cc32)n(C)c1C. The summed E-state index contributed by atoms with van der Waals surface area (Å²) >= 11 is 0. The van der Waals surface area contributed by atoms with Crippen molar-refractivity contribution in [2.75, 3.05) is 38.1 Å². The van der Waals surface area contributed by atoms with E-state index in [1.807, 2.05) is 32.4 Å². The first-order chi connectivity index (χ1) is 14.8. The number of amides is 2. The van der Waals surface area contributed by atoms with Crippen LogP contribution >= 0.6 is 0 Å². The Morgan fingerprint density at radius 2 is 2.06 bits per heavy atom. The summed E-state index contributed by atoms with van der Waals surface area (Å²) < 4.78 is 15.6. The van der Waals surface area contributed by atoms with Gasteiger partial charge in [0.05, 0.1) is 17.7 Å². The number of benzene rings is 1. The summed E-state index contributed by atoms with van der Waals surface area (Å²) in [6.07, 6.45) is 1.71. The van der Waals surface area contributed by atoms with Crippen molar-refractivity contribution in [1.29, 1.82) is 0 Å². The first-order valence-corrected chi connectivity index (χ1v) is 10.4. The number of anilines is 1.